The lowest BCUT2D eigenvalue weighted by Crippen LogP contribution is -2.32. The molecule has 0 radical (unpaired) electrons. The fourth-order valence-electron chi connectivity index (χ4n) is 4.54. The average Bonchev–Trinajstić information content (AvgIpc) is 3.45. The van der Waals surface area contributed by atoms with Crippen LogP contribution in [0.2, 0.25) is 0 Å². The first-order valence-electron chi connectivity index (χ1n) is 11.6. The van der Waals surface area contributed by atoms with Gasteiger partial charge in [-0.15, -0.1) is 0 Å². The molecule has 0 saturated carbocycles. The van der Waals surface area contributed by atoms with E-state index in [2.05, 4.69) is 17.0 Å². The van der Waals surface area contributed by atoms with Crippen molar-refractivity contribution in [1.29, 1.82) is 0 Å². The first-order valence-corrected chi connectivity index (χ1v) is 11.6. The van der Waals surface area contributed by atoms with Gasteiger partial charge in [0, 0.05) is 32.0 Å². The predicted molar refractivity (Wildman–Crippen MR) is 136 cm³/mol. The Hall–Kier alpha value is -4.73. The van der Waals surface area contributed by atoms with Crippen molar-refractivity contribution >= 4 is 23.3 Å². The summed E-state index contributed by atoms with van der Waals surface area (Å²) in [5.74, 6) is -0.590. The number of carbonyl (C=O) groups excluding carboxylic acids is 2. The quantitative estimate of drug-likeness (QED) is 0.452. The zero-order valence-electron chi connectivity index (χ0n) is 20.0. The minimum absolute atomic E-state index is 0.184. The van der Waals surface area contributed by atoms with E-state index < -0.39 is 5.91 Å². The van der Waals surface area contributed by atoms with Crippen LogP contribution in [0.3, 0.4) is 0 Å². The number of nitrogens with two attached hydrogens (primary N) is 1. The molecular weight excluding hydrogens is 458 g/mol. The third kappa shape index (κ3) is 3.92. The number of carbonyl (C=O) groups is 2. The van der Waals surface area contributed by atoms with E-state index in [4.69, 9.17) is 5.73 Å². The van der Waals surface area contributed by atoms with E-state index in [0.29, 0.717) is 18.8 Å². The Balaban J connectivity index is 1.46. The summed E-state index contributed by atoms with van der Waals surface area (Å²) in [7, 11) is 1.61. The Labute approximate surface area is 207 Å². The second-order valence-electron chi connectivity index (χ2n) is 8.49. The van der Waals surface area contributed by atoms with Gasteiger partial charge in [-0.2, -0.15) is 5.10 Å². The molecule has 1 saturated heterocycles. The number of benzene rings is 2. The van der Waals surface area contributed by atoms with E-state index in [9.17, 15) is 14.4 Å². The van der Waals surface area contributed by atoms with Crippen molar-refractivity contribution < 1.29 is 9.59 Å². The van der Waals surface area contributed by atoms with Crippen LogP contribution in [0.25, 0.3) is 16.8 Å². The van der Waals surface area contributed by atoms with E-state index in [0.717, 1.165) is 34.5 Å². The highest BCUT2D eigenvalue weighted by molar-refractivity contribution is 6.07. The van der Waals surface area contributed by atoms with Gasteiger partial charge in [0.2, 0.25) is 5.91 Å². The number of hydrogen-bond donors (Lipinski definition) is 1. The SMILES string of the molecule is CCc1c(-c2ccc(-n3cnn(C)c3=O)cc2)cccc1N1CCN(c2cncc(C(N)=O)c2)C1=O. The number of amides is 3. The van der Waals surface area contributed by atoms with Crippen LogP contribution in [-0.2, 0) is 13.5 Å². The highest BCUT2D eigenvalue weighted by Crippen LogP contribution is 2.35. The van der Waals surface area contributed by atoms with Crippen LogP contribution in [-0.4, -0.2) is 44.4 Å². The van der Waals surface area contributed by atoms with Gasteiger partial charge in [0.15, 0.2) is 0 Å². The largest absolute Gasteiger partial charge is 0.366 e. The molecule has 36 heavy (non-hydrogen) atoms. The number of urea groups is 1. The minimum atomic E-state index is -0.590. The van der Waals surface area contributed by atoms with E-state index >= 15 is 0 Å². The molecule has 2 aromatic carbocycles. The summed E-state index contributed by atoms with van der Waals surface area (Å²) in [6.07, 6.45) is 5.16. The monoisotopic (exact) mass is 483 g/mol. The second kappa shape index (κ2) is 9.14. The van der Waals surface area contributed by atoms with Crippen LogP contribution in [0, 0.1) is 0 Å². The maximum absolute atomic E-state index is 13.4. The summed E-state index contributed by atoms with van der Waals surface area (Å²) in [5.41, 5.74) is 10.6. The standard InChI is InChI=1S/C26H25N7O3/c1-3-21-22(17-7-9-19(10-8-17)33-16-29-30(2)25(33)35)5-4-6-23(21)32-12-11-31(26(32)36)20-13-18(24(27)34)14-28-15-20/h4-10,13-16H,3,11-12H2,1-2H3,(H2,27,34). The smallest absolute Gasteiger partial charge is 0.350 e. The topological polar surface area (TPSA) is 119 Å². The summed E-state index contributed by atoms with van der Waals surface area (Å²) < 4.78 is 2.77. The van der Waals surface area contributed by atoms with Crippen LogP contribution < -0.4 is 21.2 Å². The van der Waals surface area contributed by atoms with Gasteiger partial charge in [-0.25, -0.2) is 18.8 Å². The van der Waals surface area contributed by atoms with Gasteiger partial charge in [0.05, 0.1) is 23.1 Å². The summed E-state index contributed by atoms with van der Waals surface area (Å²) in [6.45, 7) is 3.02. The molecule has 0 bridgehead atoms. The zero-order valence-corrected chi connectivity index (χ0v) is 20.0. The van der Waals surface area contributed by atoms with Gasteiger partial charge in [-0.3, -0.25) is 19.6 Å². The van der Waals surface area contributed by atoms with E-state index in [1.54, 1.807) is 29.1 Å². The molecule has 2 aromatic heterocycles. The molecule has 0 atom stereocenters. The van der Waals surface area contributed by atoms with Crippen LogP contribution in [0.1, 0.15) is 22.8 Å². The number of anilines is 2. The number of rotatable bonds is 6. The molecule has 10 heteroatoms. The molecule has 1 aliphatic heterocycles. The lowest BCUT2D eigenvalue weighted by molar-refractivity contribution is 0.1000. The molecule has 0 spiro atoms. The highest BCUT2D eigenvalue weighted by atomic mass is 16.2. The number of pyridine rings is 1. The van der Waals surface area contributed by atoms with E-state index in [1.807, 2.05) is 42.5 Å². The van der Waals surface area contributed by atoms with Crippen LogP contribution in [0.15, 0.2) is 72.0 Å². The lowest BCUT2D eigenvalue weighted by Gasteiger charge is -2.23. The molecule has 3 amide bonds. The highest BCUT2D eigenvalue weighted by Gasteiger charge is 2.32. The first-order chi connectivity index (χ1) is 17.4. The number of aryl methyl sites for hydroxylation is 1. The zero-order chi connectivity index (χ0) is 25.4. The molecule has 10 nitrogen and oxygen atoms in total. The van der Waals surface area contributed by atoms with Gasteiger partial charge in [0.25, 0.3) is 0 Å². The summed E-state index contributed by atoms with van der Waals surface area (Å²) in [4.78, 5) is 44.6. The Kier molecular flexibility index (Phi) is 5.85. The van der Waals surface area contributed by atoms with Crippen LogP contribution in [0.5, 0.6) is 0 Å². The number of hydrogen-bond acceptors (Lipinski definition) is 5. The molecule has 4 aromatic rings. The fraction of sp³-hybridized carbons (Fsp3) is 0.192. The van der Waals surface area contributed by atoms with E-state index in [-0.39, 0.29) is 17.3 Å². The van der Waals surface area contributed by atoms with Crippen molar-refractivity contribution in [3.05, 3.63) is 88.9 Å². The van der Waals surface area contributed by atoms with Gasteiger partial charge < -0.3 is 5.73 Å². The maximum atomic E-state index is 13.4. The van der Waals surface area contributed by atoms with Gasteiger partial charge in [0.1, 0.15) is 6.33 Å². The Bertz CT molecular complexity index is 1520. The van der Waals surface area contributed by atoms with Crippen molar-refractivity contribution in [2.75, 3.05) is 22.9 Å². The third-order valence-corrected chi connectivity index (χ3v) is 6.40. The van der Waals surface area contributed by atoms with Crippen molar-refractivity contribution in [2.24, 2.45) is 12.8 Å². The van der Waals surface area contributed by atoms with Gasteiger partial charge in [-0.1, -0.05) is 31.2 Å². The first kappa shape index (κ1) is 23.0. The second-order valence-corrected chi connectivity index (χ2v) is 8.49. The minimum Gasteiger partial charge on any atom is -0.366 e. The Morgan fingerprint density at radius 3 is 2.42 bits per heavy atom. The molecule has 1 aliphatic rings. The molecule has 0 unspecified atom stereocenters. The van der Waals surface area contributed by atoms with Crippen molar-refractivity contribution in [2.45, 2.75) is 13.3 Å². The third-order valence-electron chi connectivity index (χ3n) is 6.40. The van der Waals surface area contributed by atoms with E-state index in [1.165, 1.54) is 21.8 Å². The summed E-state index contributed by atoms with van der Waals surface area (Å²) in [6, 6.07) is 15.0. The van der Waals surface area contributed by atoms with Crippen LogP contribution >= 0.6 is 0 Å². The Morgan fingerprint density at radius 1 is 1.00 bits per heavy atom. The molecular formula is C26H25N7O3. The number of nitrogens with zero attached hydrogens (tertiary/aromatic N) is 6. The molecule has 2 N–H and O–H groups in total. The maximum Gasteiger partial charge on any atom is 0.350 e. The molecule has 3 heterocycles. The number of primary amides is 1. The predicted octanol–water partition coefficient (Wildman–Crippen LogP) is 2.74. The van der Waals surface area contributed by atoms with Crippen molar-refractivity contribution in [3.63, 3.8) is 0 Å². The fourth-order valence-corrected chi connectivity index (χ4v) is 4.54. The molecule has 0 aliphatic carbocycles. The van der Waals surface area contributed by atoms with Gasteiger partial charge >= 0.3 is 11.7 Å². The molecule has 1 fully saturated rings. The van der Waals surface area contributed by atoms with Gasteiger partial charge in [-0.05, 0) is 47.4 Å². The van der Waals surface area contributed by atoms with Crippen LogP contribution in [0.4, 0.5) is 16.2 Å². The van der Waals surface area contributed by atoms with Crippen molar-refractivity contribution in [1.82, 2.24) is 19.3 Å². The summed E-state index contributed by atoms with van der Waals surface area (Å²) >= 11 is 0. The number of aromatic nitrogens is 4. The Morgan fingerprint density at radius 2 is 1.75 bits per heavy atom. The summed E-state index contributed by atoms with van der Waals surface area (Å²) in [5, 5.41) is 4.00. The normalized spacial score (nSPS) is 13.4. The molecule has 182 valence electrons. The lowest BCUT2D eigenvalue weighted by atomic mass is 9.96. The average molecular weight is 484 g/mol. The van der Waals surface area contributed by atoms with Crippen molar-refractivity contribution in [3.8, 4) is 16.8 Å². The molecule has 5 rings (SSSR count).